The van der Waals surface area contributed by atoms with Gasteiger partial charge in [-0.1, -0.05) is 78.9 Å². The number of benzene rings is 2. The first-order valence-corrected chi connectivity index (χ1v) is 10.9. The first kappa shape index (κ1) is 13.4. The molecule has 20 heavy (non-hydrogen) atoms. The van der Waals surface area contributed by atoms with Crippen LogP contribution >= 0.6 is 0 Å². The molecule has 0 unspecified atom stereocenters. The number of allylic oxidation sites excluding steroid dienone is 1. The van der Waals surface area contributed by atoms with Gasteiger partial charge < -0.3 is 0 Å². The van der Waals surface area contributed by atoms with Crippen LogP contribution in [-0.2, 0) is 6.42 Å². The monoisotopic (exact) mass is 278 g/mol. The maximum absolute atomic E-state index is 2.43. The minimum atomic E-state index is -1.33. The summed E-state index contributed by atoms with van der Waals surface area (Å²) in [5.74, 6) is 0. The van der Waals surface area contributed by atoms with Gasteiger partial charge in [0.15, 0.2) is 0 Å². The van der Waals surface area contributed by atoms with Crippen molar-refractivity contribution in [3.63, 3.8) is 0 Å². The van der Waals surface area contributed by atoms with Gasteiger partial charge in [0.2, 0.25) is 0 Å². The van der Waals surface area contributed by atoms with E-state index in [1.54, 1.807) is 5.19 Å². The zero-order valence-corrected chi connectivity index (χ0v) is 13.8. The van der Waals surface area contributed by atoms with Gasteiger partial charge in [-0.2, -0.15) is 0 Å². The fourth-order valence-electron chi connectivity index (χ4n) is 3.14. The average molecular weight is 278 g/mol. The van der Waals surface area contributed by atoms with Gasteiger partial charge in [-0.15, -0.1) is 0 Å². The van der Waals surface area contributed by atoms with Crippen LogP contribution in [0.1, 0.15) is 18.1 Å². The molecule has 0 nitrogen and oxygen atoms in total. The highest BCUT2D eigenvalue weighted by atomic mass is 28.3. The number of hydrogen-bond acceptors (Lipinski definition) is 0. The molecule has 0 amide bonds. The maximum Gasteiger partial charge on any atom is 0.0784 e. The van der Waals surface area contributed by atoms with Crippen LogP contribution < -0.4 is 5.19 Å². The third-order valence-electron chi connectivity index (χ3n) is 4.08. The standard InChI is InChI=1S/C19H22Si/c1-14-12-15-8-7-10-16(18(15)13-14)17-9-5-6-11-19(17)20(2,3)4/h5-11,13H,12H2,1-4H3. The van der Waals surface area contributed by atoms with Crippen LogP contribution in [0.2, 0.25) is 19.6 Å². The van der Waals surface area contributed by atoms with Crippen molar-refractivity contribution in [1.29, 1.82) is 0 Å². The van der Waals surface area contributed by atoms with E-state index >= 15 is 0 Å². The molecular formula is C19H22Si. The average Bonchev–Trinajstić information content (AvgIpc) is 2.77. The SMILES string of the molecule is CC1=Cc2c(cccc2-c2ccccc2[Si](C)(C)C)C1. The summed E-state index contributed by atoms with van der Waals surface area (Å²) in [5, 5.41) is 1.56. The van der Waals surface area contributed by atoms with Crippen LogP contribution in [0.3, 0.4) is 0 Å². The van der Waals surface area contributed by atoms with Gasteiger partial charge in [-0.25, -0.2) is 0 Å². The summed E-state index contributed by atoms with van der Waals surface area (Å²) < 4.78 is 0. The Morgan fingerprint density at radius 1 is 0.850 bits per heavy atom. The lowest BCUT2D eigenvalue weighted by Crippen LogP contribution is -2.38. The lowest BCUT2D eigenvalue weighted by molar-refractivity contribution is 1.20. The van der Waals surface area contributed by atoms with Crippen LogP contribution in [0.15, 0.2) is 48.0 Å². The van der Waals surface area contributed by atoms with E-state index in [1.807, 2.05) is 0 Å². The highest BCUT2D eigenvalue weighted by molar-refractivity contribution is 6.89. The van der Waals surface area contributed by atoms with E-state index in [2.05, 4.69) is 75.1 Å². The molecule has 2 aromatic rings. The van der Waals surface area contributed by atoms with Gasteiger partial charge in [0.25, 0.3) is 0 Å². The molecule has 0 heterocycles. The van der Waals surface area contributed by atoms with Gasteiger partial charge in [0.05, 0.1) is 8.07 Å². The number of fused-ring (bicyclic) bond motifs is 1. The molecule has 0 N–H and O–H groups in total. The third-order valence-corrected chi connectivity index (χ3v) is 6.13. The zero-order valence-electron chi connectivity index (χ0n) is 12.8. The van der Waals surface area contributed by atoms with Crippen molar-refractivity contribution in [3.8, 4) is 11.1 Å². The Morgan fingerprint density at radius 2 is 1.55 bits per heavy atom. The topological polar surface area (TPSA) is 0 Å². The van der Waals surface area contributed by atoms with Crippen molar-refractivity contribution in [1.82, 2.24) is 0 Å². The summed E-state index contributed by atoms with van der Waals surface area (Å²) in [6.07, 6.45) is 3.48. The second kappa shape index (κ2) is 4.74. The molecule has 0 aromatic heterocycles. The number of hydrogen-bond donors (Lipinski definition) is 0. The lowest BCUT2D eigenvalue weighted by Gasteiger charge is -2.22. The molecule has 3 rings (SSSR count). The summed E-state index contributed by atoms with van der Waals surface area (Å²) in [4.78, 5) is 0. The number of rotatable bonds is 2. The van der Waals surface area contributed by atoms with Gasteiger partial charge in [0, 0.05) is 0 Å². The fourth-order valence-corrected chi connectivity index (χ4v) is 4.76. The molecule has 0 radical (unpaired) electrons. The Labute approximate surface area is 123 Å². The van der Waals surface area contributed by atoms with Gasteiger partial charge in [-0.05, 0) is 35.6 Å². The second-order valence-corrected chi connectivity index (χ2v) is 11.9. The normalized spacial score (nSPS) is 14.1. The van der Waals surface area contributed by atoms with E-state index in [1.165, 1.54) is 27.8 Å². The Bertz CT molecular complexity index is 687. The smallest absolute Gasteiger partial charge is 0.0683 e. The molecule has 0 spiro atoms. The zero-order chi connectivity index (χ0) is 14.3. The molecule has 2 aromatic carbocycles. The van der Waals surface area contributed by atoms with Crippen LogP contribution in [0.25, 0.3) is 17.2 Å². The molecule has 0 saturated carbocycles. The minimum Gasteiger partial charge on any atom is -0.0683 e. The maximum atomic E-state index is 2.43. The molecule has 102 valence electrons. The molecule has 1 heteroatoms. The Hall–Kier alpha value is -1.60. The van der Waals surface area contributed by atoms with Crippen molar-refractivity contribution in [3.05, 3.63) is 59.2 Å². The summed E-state index contributed by atoms with van der Waals surface area (Å²) in [7, 11) is -1.33. The predicted molar refractivity (Wildman–Crippen MR) is 92.2 cm³/mol. The van der Waals surface area contributed by atoms with Crippen LogP contribution in [0.4, 0.5) is 0 Å². The molecule has 0 fully saturated rings. The molecule has 0 aliphatic heterocycles. The van der Waals surface area contributed by atoms with Crippen molar-refractivity contribution in [2.75, 3.05) is 0 Å². The van der Waals surface area contributed by atoms with E-state index in [0.29, 0.717) is 0 Å². The van der Waals surface area contributed by atoms with E-state index < -0.39 is 8.07 Å². The Kier molecular flexibility index (Phi) is 3.18. The third kappa shape index (κ3) is 2.27. The van der Waals surface area contributed by atoms with E-state index in [0.717, 1.165) is 6.42 Å². The van der Waals surface area contributed by atoms with Gasteiger partial charge >= 0.3 is 0 Å². The van der Waals surface area contributed by atoms with Crippen LogP contribution in [0, 0.1) is 0 Å². The highest BCUT2D eigenvalue weighted by Gasteiger charge is 2.22. The molecule has 0 saturated heterocycles. The first-order valence-electron chi connectivity index (χ1n) is 7.36. The largest absolute Gasteiger partial charge is 0.0784 e. The summed E-state index contributed by atoms with van der Waals surface area (Å²) >= 11 is 0. The highest BCUT2D eigenvalue weighted by Crippen LogP contribution is 2.33. The van der Waals surface area contributed by atoms with E-state index in [9.17, 15) is 0 Å². The summed E-state index contributed by atoms with van der Waals surface area (Å²) in [6, 6.07) is 15.7. The Morgan fingerprint density at radius 3 is 2.30 bits per heavy atom. The van der Waals surface area contributed by atoms with E-state index in [-0.39, 0.29) is 0 Å². The Balaban J connectivity index is 2.24. The molecule has 0 atom stereocenters. The van der Waals surface area contributed by atoms with Crippen LogP contribution in [0.5, 0.6) is 0 Å². The van der Waals surface area contributed by atoms with Crippen molar-refractivity contribution >= 4 is 19.3 Å². The second-order valence-electron chi connectivity index (χ2n) is 6.84. The first-order chi connectivity index (χ1) is 9.47. The molecular weight excluding hydrogens is 256 g/mol. The quantitative estimate of drug-likeness (QED) is 0.688. The molecule has 0 bridgehead atoms. The van der Waals surface area contributed by atoms with Gasteiger partial charge in [-0.3, -0.25) is 0 Å². The van der Waals surface area contributed by atoms with Crippen molar-refractivity contribution in [2.45, 2.75) is 33.0 Å². The fraction of sp³-hybridized carbons (Fsp3) is 0.263. The molecule has 1 aliphatic carbocycles. The van der Waals surface area contributed by atoms with Gasteiger partial charge in [0.1, 0.15) is 0 Å². The summed E-state index contributed by atoms with van der Waals surface area (Å²) in [5.41, 5.74) is 7.24. The molecule has 1 aliphatic rings. The van der Waals surface area contributed by atoms with E-state index in [4.69, 9.17) is 0 Å². The summed E-state index contributed by atoms with van der Waals surface area (Å²) in [6.45, 7) is 9.51. The van der Waals surface area contributed by atoms with Crippen molar-refractivity contribution in [2.24, 2.45) is 0 Å². The van der Waals surface area contributed by atoms with Crippen molar-refractivity contribution < 1.29 is 0 Å². The lowest BCUT2D eigenvalue weighted by atomic mass is 9.97. The predicted octanol–water partition coefficient (Wildman–Crippen LogP) is 4.86. The van der Waals surface area contributed by atoms with Crippen LogP contribution in [-0.4, -0.2) is 8.07 Å². The minimum absolute atomic E-state index is 1.11.